The van der Waals surface area contributed by atoms with E-state index in [-0.39, 0.29) is 5.97 Å². The molecule has 6 nitrogen and oxygen atoms in total. The number of unbranched alkanes of at least 4 members (excludes halogenated alkanes) is 3. The quantitative estimate of drug-likeness (QED) is 0.111. The fourth-order valence-corrected chi connectivity index (χ4v) is 3.42. The van der Waals surface area contributed by atoms with E-state index in [2.05, 4.69) is 22.1 Å². The highest BCUT2D eigenvalue weighted by atomic mass is 16.5. The third-order valence-corrected chi connectivity index (χ3v) is 5.61. The van der Waals surface area contributed by atoms with Crippen LogP contribution < -0.4 is 9.47 Å². The molecule has 0 unspecified atom stereocenters. The van der Waals surface area contributed by atoms with Crippen molar-refractivity contribution in [1.82, 2.24) is 0 Å². The van der Waals surface area contributed by atoms with Gasteiger partial charge in [0.1, 0.15) is 11.5 Å². The van der Waals surface area contributed by atoms with Gasteiger partial charge in [0.25, 0.3) is 0 Å². The second kappa shape index (κ2) is 15.1. The average Bonchev–Trinajstić information content (AvgIpc) is 2.93. The van der Waals surface area contributed by atoms with E-state index in [1.165, 1.54) is 0 Å². The van der Waals surface area contributed by atoms with Gasteiger partial charge in [-0.25, -0.2) is 0 Å². The standard InChI is InChI=1S/C31H34N2O4/c1-4-31(34)37-22-8-6-5-7-21-36-29-18-14-27(15-19-29)32-33-30-20-13-26(23-24(30)2)10-9-25-11-16-28(35-3)17-12-25/h11-20,23H,4-8,21-22H2,1-3H3. The summed E-state index contributed by atoms with van der Waals surface area (Å²) >= 11 is 0. The molecule has 0 N–H and O–H groups in total. The lowest BCUT2D eigenvalue weighted by Crippen LogP contribution is -2.04. The first-order chi connectivity index (χ1) is 18.1. The van der Waals surface area contributed by atoms with Crippen LogP contribution in [0.15, 0.2) is 77.0 Å². The largest absolute Gasteiger partial charge is 0.497 e. The first-order valence-electron chi connectivity index (χ1n) is 12.6. The van der Waals surface area contributed by atoms with E-state index in [4.69, 9.17) is 14.2 Å². The molecule has 0 aliphatic carbocycles. The van der Waals surface area contributed by atoms with Crippen molar-refractivity contribution in [3.63, 3.8) is 0 Å². The lowest BCUT2D eigenvalue weighted by molar-refractivity contribution is -0.143. The van der Waals surface area contributed by atoms with Crippen molar-refractivity contribution in [1.29, 1.82) is 0 Å². The predicted molar refractivity (Wildman–Crippen MR) is 146 cm³/mol. The molecule has 0 aromatic heterocycles. The molecular formula is C31H34N2O4. The predicted octanol–water partition coefficient (Wildman–Crippen LogP) is 7.71. The van der Waals surface area contributed by atoms with Crippen molar-refractivity contribution in [3.8, 4) is 23.3 Å². The van der Waals surface area contributed by atoms with E-state index in [0.717, 1.165) is 65.2 Å². The van der Waals surface area contributed by atoms with Crippen molar-refractivity contribution in [3.05, 3.63) is 83.4 Å². The maximum Gasteiger partial charge on any atom is 0.305 e. The fourth-order valence-electron chi connectivity index (χ4n) is 3.42. The minimum atomic E-state index is -0.133. The molecular weight excluding hydrogens is 464 g/mol. The van der Waals surface area contributed by atoms with Gasteiger partial charge in [-0.3, -0.25) is 4.79 Å². The Hall–Kier alpha value is -4.11. The van der Waals surface area contributed by atoms with Crippen LogP contribution in [0.4, 0.5) is 11.4 Å². The molecule has 0 heterocycles. The van der Waals surface area contributed by atoms with Crippen LogP contribution in [0.25, 0.3) is 0 Å². The van der Waals surface area contributed by atoms with Gasteiger partial charge in [0.15, 0.2) is 0 Å². The van der Waals surface area contributed by atoms with Gasteiger partial charge in [-0.1, -0.05) is 18.8 Å². The molecule has 3 rings (SSSR count). The molecule has 0 radical (unpaired) electrons. The normalized spacial score (nSPS) is 10.6. The number of azo groups is 1. The zero-order valence-electron chi connectivity index (χ0n) is 21.8. The SMILES string of the molecule is CCC(=O)OCCCCCCOc1ccc(N=Nc2ccc(C#Cc3ccc(OC)cc3)cc2C)cc1. The van der Waals surface area contributed by atoms with Crippen LogP contribution in [0.3, 0.4) is 0 Å². The number of nitrogens with zero attached hydrogens (tertiary/aromatic N) is 2. The molecule has 3 aromatic carbocycles. The maximum absolute atomic E-state index is 11.1. The molecule has 0 saturated carbocycles. The lowest BCUT2D eigenvalue weighted by Gasteiger charge is -2.06. The maximum atomic E-state index is 11.1. The van der Waals surface area contributed by atoms with Crippen molar-refractivity contribution in [2.45, 2.75) is 46.0 Å². The highest BCUT2D eigenvalue weighted by Crippen LogP contribution is 2.24. The van der Waals surface area contributed by atoms with Crippen molar-refractivity contribution in [2.75, 3.05) is 20.3 Å². The second-order valence-corrected chi connectivity index (χ2v) is 8.51. The Morgan fingerprint density at radius 2 is 1.43 bits per heavy atom. The Balaban J connectivity index is 1.43. The van der Waals surface area contributed by atoms with Crippen LogP contribution in [0.5, 0.6) is 11.5 Å². The molecule has 0 bridgehead atoms. The second-order valence-electron chi connectivity index (χ2n) is 8.51. The van der Waals surface area contributed by atoms with Crippen LogP contribution in [0.1, 0.15) is 55.7 Å². The number of methoxy groups -OCH3 is 1. The number of hydrogen-bond acceptors (Lipinski definition) is 6. The molecule has 37 heavy (non-hydrogen) atoms. The molecule has 3 aromatic rings. The third-order valence-electron chi connectivity index (χ3n) is 5.61. The molecule has 0 amide bonds. The smallest absolute Gasteiger partial charge is 0.305 e. The number of ether oxygens (including phenoxy) is 3. The Kier molecular flexibility index (Phi) is 11.2. The number of benzene rings is 3. The summed E-state index contributed by atoms with van der Waals surface area (Å²) in [6.45, 7) is 4.97. The number of esters is 1. The first kappa shape index (κ1) is 27.5. The van der Waals surface area contributed by atoms with Crippen LogP contribution in [-0.2, 0) is 9.53 Å². The van der Waals surface area contributed by atoms with Gasteiger partial charge in [0.05, 0.1) is 31.7 Å². The summed E-state index contributed by atoms with van der Waals surface area (Å²) < 4.78 is 16.1. The molecule has 6 heteroatoms. The Morgan fingerprint density at radius 1 is 0.784 bits per heavy atom. The number of carbonyl (C=O) groups excluding carboxylic acids is 1. The summed E-state index contributed by atoms with van der Waals surface area (Å²) in [7, 11) is 1.65. The van der Waals surface area contributed by atoms with Crippen LogP contribution in [0, 0.1) is 18.8 Å². The van der Waals surface area contributed by atoms with Crippen LogP contribution >= 0.6 is 0 Å². The first-order valence-corrected chi connectivity index (χ1v) is 12.6. The van der Waals surface area contributed by atoms with Crippen molar-refractivity contribution in [2.24, 2.45) is 10.2 Å². The Labute approximate surface area is 219 Å². The van der Waals surface area contributed by atoms with E-state index in [1.54, 1.807) is 14.0 Å². The fraction of sp³-hybridized carbons (Fsp3) is 0.323. The number of hydrogen-bond donors (Lipinski definition) is 0. The number of rotatable bonds is 12. The minimum absolute atomic E-state index is 0.133. The summed E-state index contributed by atoms with van der Waals surface area (Å²) in [5.41, 5.74) is 4.43. The zero-order chi connectivity index (χ0) is 26.3. The van der Waals surface area contributed by atoms with E-state index in [0.29, 0.717) is 19.6 Å². The van der Waals surface area contributed by atoms with Crippen LogP contribution in [-0.4, -0.2) is 26.3 Å². The van der Waals surface area contributed by atoms with E-state index >= 15 is 0 Å². The van der Waals surface area contributed by atoms with Crippen molar-refractivity contribution < 1.29 is 19.0 Å². The lowest BCUT2D eigenvalue weighted by atomic mass is 10.1. The molecule has 0 saturated heterocycles. The highest BCUT2D eigenvalue weighted by Gasteiger charge is 2.01. The van der Waals surface area contributed by atoms with Gasteiger partial charge < -0.3 is 14.2 Å². The van der Waals surface area contributed by atoms with E-state index in [9.17, 15) is 4.79 Å². The topological polar surface area (TPSA) is 69.5 Å². The van der Waals surface area contributed by atoms with E-state index < -0.39 is 0 Å². The monoisotopic (exact) mass is 498 g/mol. The molecule has 0 aliphatic heterocycles. The molecule has 0 aliphatic rings. The molecule has 192 valence electrons. The number of aryl methyl sites for hydroxylation is 1. The molecule has 0 spiro atoms. The van der Waals surface area contributed by atoms with Crippen LogP contribution in [0.2, 0.25) is 0 Å². The summed E-state index contributed by atoms with van der Waals surface area (Å²) in [4.78, 5) is 11.1. The van der Waals surface area contributed by atoms with Gasteiger partial charge >= 0.3 is 5.97 Å². The third kappa shape index (κ3) is 9.81. The van der Waals surface area contributed by atoms with Gasteiger partial charge in [0.2, 0.25) is 0 Å². The average molecular weight is 499 g/mol. The summed E-state index contributed by atoms with van der Waals surface area (Å²) in [5, 5.41) is 8.76. The summed E-state index contributed by atoms with van der Waals surface area (Å²) in [6, 6.07) is 21.2. The van der Waals surface area contributed by atoms with Gasteiger partial charge in [-0.05, 0) is 105 Å². The highest BCUT2D eigenvalue weighted by molar-refractivity contribution is 5.68. The summed E-state index contributed by atoms with van der Waals surface area (Å²) in [5.74, 6) is 7.85. The Morgan fingerprint density at radius 3 is 2.11 bits per heavy atom. The van der Waals surface area contributed by atoms with Gasteiger partial charge in [-0.15, -0.1) is 0 Å². The zero-order valence-corrected chi connectivity index (χ0v) is 21.8. The van der Waals surface area contributed by atoms with E-state index in [1.807, 2.05) is 73.7 Å². The molecule has 0 atom stereocenters. The minimum Gasteiger partial charge on any atom is -0.497 e. The van der Waals surface area contributed by atoms with Crippen molar-refractivity contribution >= 4 is 17.3 Å². The Bertz CT molecular complexity index is 1220. The van der Waals surface area contributed by atoms with Gasteiger partial charge in [0, 0.05) is 17.5 Å². The van der Waals surface area contributed by atoms with Gasteiger partial charge in [-0.2, -0.15) is 10.2 Å². The summed E-state index contributed by atoms with van der Waals surface area (Å²) in [6.07, 6.45) is 4.35. The number of carbonyl (C=O) groups is 1. The molecule has 0 fully saturated rings.